The lowest BCUT2D eigenvalue weighted by atomic mass is 10.2. The van der Waals surface area contributed by atoms with E-state index in [9.17, 15) is 9.59 Å². The molecule has 1 heterocycles. The van der Waals surface area contributed by atoms with Crippen LogP contribution in [0.4, 0.5) is 0 Å². The lowest BCUT2D eigenvalue weighted by Crippen LogP contribution is -2.21. The molecule has 1 unspecified atom stereocenters. The quantitative estimate of drug-likeness (QED) is 0.807. The predicted octanol–water partition coefficient (Wildman–Crippen LogP) is 1.77. The first-order valence-corrected chi connectivity index (χ1v) is 5.46. The summed E-state index contributed by atoms with van der Waals surface area (Å²) in [7, 11) is 0. The van der Waals surface area contributed by atoms with Gasteiger partial charge in [-0.25, -0.2) is 0 Å². The van der Waals surface area contributed by atoms with Gasteiger partial charge in [-0.2, -0.15) is 0 Å². The highest BCUT2D eigenvalue weighted by Crippen LogP contribution is 2.27. The molecule has 1 atom stereocenters. The second kappa shape index (κ2) is 5.11. The van der Waals surface area contributed by atoms with Gasteiger partial charge in [0.05, 0.1) is 12.5 Å². The number of rotatable bonds is 5. The molecular formula is C8H8BrNO3S. The van der Waals surface area contributed by atoms with Crippen molar-refractivity contribution < 1.29 is 14.7 Å². The number of nitrogens with one attached hydrogen (secondary N) is 1. The van der Waals surface area contributed by atoms with Crippen LogP contribution in [0.15, 0.2) is 15.9 Å². The Kier molecular flexibility index (Phi) is 4.09. The van der Waals surface area contributed by atoms with Gasteiger partial charge in [-0.15, -0.1) is 11.3 Å². The molecule has 1 aromatic rings. The third kappa shape index (κ3) is 3.12. The number of carbonyl (C=O) groups is 2. The summed E-state index contributed by atoms with van der Waals surface area (Å²) in [5.41, 5.74) is 0. The summed E-state index contributed by atoms with van der Waals surface area (Å²) in [6, 6.07) is 1.36. The largest absolute Gasteiger partial charge is 0.481 e. The van der Waals surface area contributed by atoms with E-state index in [4.69, 9.17) is 5.11 Å². The topological polar surface area (TPSA) is 66.4 Å². The number of thiophene rings is 1. The number of hydrogen-bond donors (Lipinski definition) is 2. The molecular weight excluding hydrogens is 270 g/mol. The Morgan fingerprint density at radius 1 is 1.79 bits per heavy atom. The smallest absolute Gasteiger partial charge is 0.305 e. The van der Waals surface area contributed by atoms with Gasteiger partial charge in [0.15, 0.2) is 0 Å². The normalized spacial score (nSPS) is 12.1. The summed E-state index contributed by atoms with van der Waals surface area (Å²) in [6.45, 7) is 0. The number of hydrogen-bond acceptors (Lipinski definition) is 3. The average molecular weight is 278 g/mol. The molecule has 14 heavy (non-hydrogen) atoms. The molecule has 76 valence electrons. The minimum Gasteiger partial charge on any atom is -0.481 e. The SMILES string of the molecule is O=CNC(CC(=O)O)c1cc(Br)cs1. The van der Waals surface area contributed by atoms with Crippen molar-refractivity contribution in [1.29, 1.82) is 0 Å². The first-order valence-electron chi connectivity index (χ1n) is 3.79. The molecule has 6 heteroatoms. The fraction of sp³-hybridized carbons (Fsp3) is 0.250. The molecule has 0 aliphatic heterocycles. The molecule has 1 amide bonds. The molecule has 0 bridgehead atoms. The summed E-state index contributed by atoms with van der Waals surface area (Å²) in [5.74, 6) is -0.936. The van der Waals surface area contributed by atoms with Crippen LogP contribution in [0, 0.1) is 0 Å². The first kappa shape index (κ1) is 11.2. The van der Waals surface area contributed by atoms with Gasteiger partial charge in [0, 0.05) is 14.7 Å². The summed E-state index contributed by atoms with van der Waals surface area (Å²) < 4.78 is 0.889. The van der Waals surface area contributed by atoms with Crippen LogP contribution in [0.1, 0.15) is 17.3 Å². The van der Waals surface area contributed by atoms with E-state index < -0.39 is 12.0 Å². The van der Waals surface area contributed by atoms with Gasteiger partial charge in [0.2, 0.25) is 6.41 Å². The number of carbonyl (C=O) groups excluding carboxylic acids is 1. The van der Waals surface area contributed by atoms with Gasteiger partial charge in [-0.3, -0.25) is 9.59 Å². The van der Waals surface area contributed by atoms with E-state index in [2.05, 4.69) is 21.2 Å². The summed E-state index contributed by atoms with van der Waals surface area (Å²) in [6.07, 6.45) is 0.410. The highest BCUT2D eigenvalue weighted by atomic mass is 79.9. The average Bonchev–Trinajstić information content (AvgIpc) is 2.50. The van der Waals surface area contributed by atoms with Gasteiger partial charge in [-0.05, 0) is 22.0 Å². The molecule has 0 aliphatic rings. The first-order chi connectivity index (χ1) is 6.63. The molecule has 2 N–H and O–H groups in total. The maximum atomic E-state index is 10.5. The van der Waals surface area contributed by atoms with Crippen molar-refractivity contribution in [3.05, 3.63) is 20.8 Å². The zero-order chi connectivity index (χ0) is 10.6. The van der Waals surface area contributed by atoms with Crippen molar-refractivity contribution in [1.82, 2.24) is 5.32 Å². The van der Waals surface area contributed by atoms with Crippen molar-refractivity contribution >= 4 is 39.6 Å². The Labute approximate surface area is 93.1 Å². The number of carboxylic acids is 1. The van der Waals surface area contributed by atoms with Crippen LogP contribution in [-0.2, 0) is 9.59 Å². The van der Waals surface area contributed by atoms with E-state index >= 15 is 0 Å². The summed E-state index contributed by atoms with van der Waals surface area (Å²) >= 11 is 4.67. The number of halogens is 1. The second-order valence-electron chi connectivity index (χ2n) is 2.60. The van der Waals surface area contributed by atoms with Gasteiger partial charge in [0.1, 0.15) is 0 Å². The second-order valence-corrected chi connectivity index (χ2v) is 4.46. The van der Waals surface area contributed by atoms with E-state index in [0.717, 1.165) is 9.35 Å². The molecule has 0 aliphatic carbocycles. The van der Waals surface area contributed by atoms with E-state index in [1.54, 1.807) is 6.07 Å². The lowest BCUT2D eigenvalue weighted by Gasteiger charge is -2.10. The van der Waals surface area contributed by atoms with Crippen LogP contribution in [0.25, 0.3) is 0 Å². The molecule has 0 saturated heterocycles. The Hall–Kier alpha value is -0.880. The minimum absolute atomic E-state index is 0.105. The molecule has 0 fully saturated rings. The summed E-state index contributed by atoms with van der Waals surface area (Å²) in [5, 5.41) is 12.9. The summed E-state index contributed by atoms with van der Waals surface area (Å²) in [4.78, 5) is 21.6. The molecule has 0 saturated carbocycles. The molecule has 0 spiro atoms. The lowest BCUT2D eigenvalue weighted by molar-refractivity contribution is -0.137. The van der Waals surface area contributed by atoms with E-state index in [0.29, 0.717) is 6.41 Å². The van der Waals surface area contributed by atoms with E-state index in [-0.39, 0.29) is 6.42 Å². The van der Waals surface area contributed by atoms with Crippen molar-refractivity contribution in [2.45, 2.75) is 12.5 Å². The third-order valence-corrected chi connectivity index (χ3v) is 3.39. The minimum atomic E-state index is -0.936. The van der Waals surface area contributed by atoms with Crippen LogP contribution in [0.2, 0.25) is 0 Å². The number of carboxylic acid groups (broad SMARTS) is 1. The fourth-order valence-corrected chi connectivity index (χ4v) is 2.52. The van der Waals surface area contributed by atoms with Crippen molar-refractivity contribution in [2.24, 2.45) is 0 Å². The van der Waals surface area contributed by atoms with Gasteiger partial charge in [-0.1, -0.05) is 0 Å². The van der Waals surface area contributed by atoms with E-state index in [1.165, 1.54) is 11.3 Å². The number of aliphatic carboxylic acids is 1. The van der Waals surface area contributed by atoms with Crippen molar-refractivity contribution in [3.63, 3.8) is 0 Å². The maximum Gasteiger partial charge on any atom is 0.305 e. The van der Waals surface area contributed by atoms with Crippen LogP contribution in [0.5, 0.6) is 0 Å². The molecule has 1 aromatic heterocycles. The van der Waals surface area contributed by atoms with Gasteiger partial charge >= 0.3 is 5.97 Å². The van der Waals surface area contributed by atoms with E-state index in [1.807, 2.05) is 5.38 Å². The van der Waals surface area contributed by atoms with Crippen LogP contribution >= 0.6 is 27.3 Å². The zero-order valence-corrected chi connectivity index (χ0v) is 9.47. The highest BCUT2D eigenvalue weighted by Gasteiger charge is 2.16. The Balaban J connectivity index is 2.76. The monoisotopic (exact) mass is 277 g/mol. The van der Waals surface area contributed by atoms with Crippen molar-refractivity contribution in [3.8, 4) is 0 Å². The number of amides is 1. The van der Waals surface area contributed by atoms with Gasteiger partial charge in [0.25, 0.3) is 0 Å². The molecule has 1 rings (SSSR count). The maximum absolute atomic E-state index is 10.5. The Bertz CT molecular complexity index is 339. The van der Waals surface area contributed by atoms with Gasteiger partial charge < -0.3 is 10.4 Å². The van der Waals surface area contributed by atoms with Crippen LogP contribution < -0.4 is 5.32 Å². The Morgan fingerprint density at radius 2 is 2.50 bits per heavy atom. The van der Waals surface area contributed by atoms with Crippen LogP contribution in [-0.4, -0.2) is 17.5 Å². The highest BCUT2D eigenvalue weighted by molar-refractivity contribution is 9.10. The van der Waals surface area contributed by atoms with Crippen LogP contribution in [0.3, 0.4) is 0 Å². The fourth-order valence-electron chi connectivity index (χ4n) is 1.01. The molecule has 4 nitrogen and oxygen atoms in total. The zero-order valence-electron chi connectivity index (χ0n) is 7.07. The molecule has 0 radical (unpaired) electrons. The third-order valence-electron chi connectivity index (χ3n) is 1.58. The standard InChI is InChI=1S/C8H8BrNO3S/c9-5-1-7(14-3-5)6(10-4-11)2-8(12)13/h1,3-4,6H,2H2,(H,10,11)(H,12,13). The Morgan fingerprint density at radius 3 is 2.93 bits per heavy atom. The predicted molar refractivity (Wildman–Crippen MR) is 56.2 cm³/mol. The van der Waals surface area contributed by atoms with Crippen molar-refractivity contribution in [2.75, 3.05) is 0 Å². The molecule has 0 aromatic carbocycles.